The van der Waals surface area contributed by atoms with E-state index in [0.29, 0.717) is 17.2 Å². The Balaban J connectivity index is 2.19. The Hall–Kier alpha value is -2.98. The zero-order valence-electron chi connectivity index (χ0n) is 22.2. The van der Waals surface area contributed by atoms with E-state index in [1.807, 2.05) is 26.0 Å². The van der Waals surface area contributed by atoms with Gasteiger partial charge in [-0.15, -0.1) is 0 Å². The lowest BCUT2D eigenvalue weighted by atomic mass is 10.1. The van der Waals surface area contributed by atoms with Gasteiger partial charge in [-0.25, -0.2) is 8.42 Å². The second-order valence-electron chi connectivity index (χ2n) is 8.97. The van der Waals surface area contributed by atoms with Gasteiger partial charge in [0.1, 0.15) is 17.5 Å². The molecular formula is C26H36ClN3O6S. The molecule has 2 rings (SSSR count). The molecule has 0 spiro atoms. The number of hydrogen-bond donors (Lipinski definition) is 1. The third kappa shape index (κ3) is 8.82. The van der Waals surface area contributed by atoms with Crippen LogP contribution in [0.25, 0.3) is 0 Å². The predicted octanol–water partition coefficient (Wildman–Crippen LogP) is 3.85. The lowest BCUT2D eigenvalue weighted by molar-refractivity contribution is -0.140. The molecule has 204 valence electrons. The number of amides is 2. The highest BCUT2D eigenvalue weighted by Crippen LogP contribution is 2.30. The second kappa shape index (κ2) is 13.5. The van der Waals surface area contributed by atoms with E-state index < -0.39 is 16.1 Å². The summed E-state index contributed by atoms with van der Waals surface area (Å²) in [5.74, 6) is 0.592. The van der Waals surface area contributed by atoms with Crippen LogP contribution in [0.4, 0.5) is 5.69 Å². The lowest BCUT2D eigenvalue weighted by Gasteiger charge is -2.30. The smallest absolute Gasteiger partial charge is 0.242 e. The van der Waals surface area contributed by atoms with Gasteiger partial charge in [-0.05, 0) is 63.1 Å². The topological polar surface area (TPSA) is 105 Å². The molecule has 0 aliphatic carbocycles. The van der Waals surface area contributed by atoms with Crippen LogP contribution in [-0.2, 0) is 26.2 Å². The first kappa shape index (κ1) is 30.2. The zero-order valence-corrected chi connectivity index (χ0v) is 23.7. The largest absolute Gasteiger partial charge is 0.497 e. The number of ether oxygens (including phenoxy) is 2. The van der Waals surface area contributed by atoms with Crippen molar-refractivity contribution in [1.29, 1.82) is 0 Å². The van der Waals surface area contributed by atoms with Gasteiger partial charge >= 0.3 is 0 Å². The number of nitrogens with zero attached hydrogens (tertiary/aromatic N) is 2. The van der Waals surface area contributed by atoms with E-state index in [4.69, 9.17) is 21.1 Å². The number of anilines is 1. The fourth-order valence-electron chi connectivity index (χ4n) is 3.73. The molecule has 0 aromatic heterocycles. The van der Waals surface area contributed by atoms with Crippen molar-refractivity contribution in [1.82, 2.24) is 10.2 Å². The highest BCUT2D eigenvalue weighted by molar-refractivity contribution is 7.92. The van der Waals surface area contributed by atoms with Crippen LogP contribution in [0.3, 0.4) is 0 Å². The number of rotatable bonds is 13. The number of benzene rings is 2. The molecule has 0 saturated heterocycles. The number of hydrogen-bond acceptors (Lipinski definition) is 6. The lowest BCUT2D eigenvalue weighted by Crippen LogP contribution is -2.49. The highest BCUT2D eigenvalue weighted by Gasteiger charge is 2.27. The van der Waals surface area contributed by atoms with Crippen molar-refractivity contribution >= 4 is 39.1 Å². The molecule has 1 unspecified atom stereocenters. The molecule has 1 N–H and O–H groups in total. The number of carbonyl (C=O) groups excluding carboxylic acids is 2. The van der Waals surface area contributed by atoms with Gasteiger partial charge < -0.3 is 19.7 Å². The molecule has 0 aliphatic rings. The molecule has 0 saturated carbocycles. The van der Waals surface area contributed by atoms with Crippen LogP contribution < -0.4 is 19.1 Å². The molecular weight excluding hydrogens is 518 g/mol. The minimum absolute atomic E-state index is 0.0470. The summed E-state index contributed by atoms with van der Waals surface area (Å²) >= 11 is 6.19. The quantitative estimate of drug-likeness (QED) is 0.404. The molecule has 2 amide bonds. The van der Waals surface area contributed by atoms with Crippen LogP contribution in [0.15, 0.2) is 42.5 Å². The van der Waals surface area contributed by atoms with Crippen molar-refractivity contribution in [2.24, 2.45) is 0 Å². The Morgan fingerprint density at radius 3 is 2.19 bits per heavy atom. The first-order valence-corrected chi connectivity index (χ1v) is 14.1. The van der Waals surface area contributed by atoms with Crippen molar-refractivity contribution in [3.63, 3.8) is 0 Å². The molecule has 0 heterocycles. The summed E-state index contributed by atoms with van der Waals surface area (Å²) in [6.45, 7) is 5.67. The fraction of sp³-hybridized carbons (Fsp3) is 0.462. The Labute approximate surface area is 224 Å². The minimum Gasteiger partial charge on any atom is -0.497 e. The van der Waals surface area contributed by atoms with Crippen LogP contribution in [-0.4, -0.2) is 64.2 Å². The maximum absolute atomic E-state index is 13.3. The van der Waals surface area contributed by atoms with Crippen LogP contribution in [0.2, 0.25) is 5.02 Å². The number of halogens is 1. The molecule has 37 heavy (non-hydrogen) atoms. The average molecular weight is 554 g/mol. The van der Waals surface area contributed by atoms with Crippen molar-refractivity contribution in [2.75, 3.05) is 31.3 Å². The molecule has 0 bridgehead atoms. The van der Waals surface area contributed by atoms with Gasteiger partial charge in [0.05, 0.1) is 31.2 Å². The first-order valence-electron chi connectivity index (χ1n) is 11.9. The summed E-state index contributed by atoms with van der Waals surface area (Å²) in [5, 5.41) is 3.13. The van der Waals surface area contributed by atoms with E-state index in [-0.39, 0.29) is 48.8 Å². The summed E-state index contributed by atoms with van der Waals surface area (Å²) in [7, 11) is -0.593. The third-order valence-electron chi connectivity index (χ3n) is 5.69. The van der Waals surface area contributed by atoms with Gasteiger partial charge in [0, 0.05) is 25.6 Å². The normalized spacial score (nSPS) is 12.1. The fourth-order valence-corrected chi connectivity index (χ4v) is 4.94. The summed E-state index contributed by atoms with van der Waals surface area (Å²) in [4.78, 5) is 27.6. The first-order chi connectivity index (χ1) is 17.4. The van der Waals surface area contributed by atoms with E-state index in [1.54, 1.807) is 38.3 Å². The van der Waals surface area contributed by atoms with Gasteiger partial charge in [-0.2, -0.15) is 0 Å². The third-order valence-corrected chi connectivity index (χ3v) is 7.18. The van der Waals surface area contributed by atoms with Gasteiger partial charge in [0.25, 0.3) is 0 Å². The number of methoxy groups -OCH3 is 2. The Morgan fingerprint density at radius 2 is 1.68 bits per heavy atom. The second-order valence-corrected chi connectivity index (χ2v) is 11.3. The molecule has 9 nitrogen and oxygen atoms in total. The monoisotopic (exact) mass is 553 g/mol. The summed E-state index contributed by atoms with van der Waals surface area (Å²) in [5.41, 5.74) is 1.21. The van der Waals surface area contributed by atoms with Gasteiger partial charge in [-0.3, -0.25) is 13.9 Å². The molecule has 0 aliphatic heterocycles. The van der Waals surface area contributed by atoms with Gasteiger partial charge in [0.15, 0.2) is 0 Å². The summed E-state index contributed by atoms with van der Waals surface area (Å²) in [6.07, 6.45) is 1.39. The SMILES string of the molecule is COc1ccc(CN(C(=O)CCCN(c2ccc(OC)c(Cl)c2)S(C)(=O)=O)C(C)C(=O)NC(C)C)cc1. The number of nitrogens with one attached hydrogen (secondary N) is 1. The van der Waals surface area contributed by atoms with E-state index in [2.05, 4.69) is 5.32 Å². The molecule has 2 aromatic rings. The van der Waals surface area contributed by atoms with Crippen molar-refractivity contribution in [3.05, 3.63) is 53.1 Å². The number of carbonyl (C=O) groups is 2. The molecule has 1 atom stereocenters. The van der Waals surface area contributed by atoms with E-state index in [1.165, 1.54) is 22.4 Å². The summed E-state index contributed by atoms with van der Waals surface area (Å²) in [6, 6.07) is 11.2. The zero-order chi connectivity index (χ0) is 27.8. The molecule has 11 heteroatoms. The van der Waals surface area contributed by atoms with Crippen molar-refractivity contribution in [3.8, 4) is 11.5 Å². The molecule has 0 fully saturated rings. The maximum Gasteiger partial charge on any atom is 0.242 e. The van der Waals surface area contributed by atoms with Gasteiger partial charge in [-0.1, -0.05) is 23.7 Å². The van der Waals surface area contributed by atoms with Crippen LogP contribution >= 0.6 is 11.6 Å². The van der Waals surface area contributed by atoms with E-state index in [9.17, 15) is 18.0 Å². The minimum atomic E-state index is -3.64. The molecule has 0 radical (unpaired) electrons. The Kier molecular flexibility index (Phi) is 11.1. The van der Waals surface area contributed by atoms with Crippen LogP contribution in [0, 0.1) is 0 Å². The Morgan fingerprint density at radius 1 is 1.03 bits per heavy atom. The maximum atomic E-state index is 13.3. The highest BCUT2D eigenvalue weighted by atomic mass is 35.5. The van der Waals surface area contributed by atoms with Crippen molar-refractivity contribution in [2.45, 2.75) is 52.2 Å². The van der Waals surface area contributed by atoms with E-state index in [0.717, 1.165) is 11.8 Å². The standard InChI is InChI=1S/C26H36ClN3O6S/c1-18(2)28-26(32)19(3)29(17-20-9-12-22(35-4)13-10-20)25(31)8-7-15-30(37(6,33)34)21-11-14-24(36-5)23(27)16-21/h9-14,16,18-19H,7-8,15,17H2,1-6H3,(H,28,32). The van der Waals surface area contributed by atoms with Crippen LogP contribution in [0.1, 0.15) is 39.2 Å². The Bertz CT molecular complexity index is 1170. The average Bonchev–Trinajstić information content (AvgIpc) is 2.83. The number of sulfonamides is 1. The summed E-state index contributed by atoms with van der Waals surface area (Å²) < 4.78 is 36.5. The molecule has 2 aromatic carbocycles. The van der Waals surface area contributed by atoms with E-state index >= 15 is 0 Å². The van der Waals surface area contributed by atoms with Crippen molar-refractivity contribution < 1.29 is 27.5 Å². The van der Waals surface area contributed by atoms with Crippen LogP contribution in [0.5, 0.6) is 11.5 Å². The predicted molar refractivity (Wildman–Crippen MR) is 146 cm³/mol. The van der Waals surface area contributed by atoms with Gasteiger partial charge in [0.2, 0.25) is 21.8 Å².